The first-order valence-electron chi connectivity index (χ1n) is 5.37. The van der Waals surface area contributed by atoms with Crippen LogP contribution in [-0.4, -0.2) is 30.9 Å². The van der Waals surface area contributed by atoms with Gasteiger partial charge in [-0.2, -0.15) is 0 Å². The van der Waals surface area contributed by atoms with Crippen molar-refractivity contribution in [2.24, 2.45) is 5.92 Å². The number of carbonyl (C=O) groups is 1. The van der Waals surface area contributed by atoms with Gasteiger partial charge < -0.3 is 10.4 Å². The van der Waals surface area contributed by atoms with Crippen LogP contribution in [-0.2, 0) is 14.6 Å². The maximum atomic E-state index is 13.0. The van der Waals surface area contributed by atoms with Crippen LogP contribution < -0.4 is 5.32 Å². The Morgan fingerprint density at radius 1 is 1.44 bits per heavy atom. The molecular weight excluding hydrogens is 261 g/mol. The largest absolute Gasteiger partial charge is 0.505 e. The van der Waals surface area contributed by atoms with E-state index in [9.17, 15) is 17.6 Å². The minimum atomic E-state index is -3.12. The average molecular weight is 273 g/mol. The molecule has 2 rings (SSSR count). The Hall–Kier alpha value is -1.63. The molecule has 1 aliphatic rings. The van der Waals surface area contributed by atoms with E-state index in [1.54, 1.807) is 0 Å². The molecule has 18 heavy (non-hydrogen) atoms. The summed E-state index contributed by atoms with van der Waals surface area (Å²) >= 11 is 0. The smallest absolute Gasteiger partial charge is 0.228 e. The highest BCUT2D eigenvalue weighted by Gasteiger charge is 2.32. The van der Waals surface area contributed by atoms with Crippen molar-refractivity contribution < 1.29 is 22.7 Å². The Labute approximate surface area is 104 Å². The van der Waals surface area contributed by atoms with Crippen LogP contribution in [0.5, 0.6) is 5.75 Å². The molecule has 1 heterocycles. The summed E-state index contributed by atoms with van der Waals surface area (Å²) in [6.07, 6.45) is 0.286. The fraction of sp³-hybridized carbons (Fsp3) is 0.364. The van der Waals surface area contributed by atoms with Gasteiger partial charge in [-0.15, -0.1) is 0 Å². The SMILES string of the molecule is O=C(Nc1ccc(O)c(F)c1)C1CCS(=O)(=O)C1. The second-order valence-electron chi connectivity index (χ2n) is 4.26. The van der Waals surface area contributed by atoms with Gasteiger partial charge in [0.05, 0.1) is 17.4 Å². The van der Waals surface area contributed by atoms with Gasteiger partial charge in [0.15, 0.2) is 21.4 Å². The maximum Gasteiger partial charge on any atom is 0.228 e. The molecule has 1 amide bonds. The number of nitrogens with one attached hydrogen (secondary N) is 1. The van der Waals surface area contributed by atoms with Gasteiger partial charge in [-0.1, -0.05) is 0 Å². The van der Waals surface area contributed by atoms with Gasteiger partial charge in [0.1, 0.15) is 0 Å². The molecule has 7 heteroatoms. The highest BCUT2D eigenvalue weighted by molar-refractivity contribution is 7.91. The molecule has 0 bridgehead atoms. The van der Waals surface area contributed by atoms with Crippen LogP contribution in [0, 0.1) is 11.7 Å². The highest BCUT2D eigenvalue weighted by Crippen LogP contribution is 2.23. The van der Waals surface area contributed by atoms with E-state index in [2.05, 4.69) is 5.32 Å². The lowest BCUT2D eigenvalue weighted by Gasteiger charge is -2.09. The number of halogens is 1. The maximum absolute atomic E-state index is 13.0. The minimum Gasteiger partial charge on any atom is -0.505 e. The minimum absolute atomic E-state index is 0.00895. The Kier molecular flexibility index (Phi) is 3.25. The standard InChI is InChI=1S/C11H12FNO4S/c12-9-5-8(1-2-10(9)14)13-11(15)7-3-4-18(16,17)6-7/h1-2,5,7,14H,3-4,6H2,(H,13,15). The number of rotatable bonds is 2. The van der Waals surface area contributed by atoms with E-state index in [4.69, 9.17) is 5.11 Å². The summed E-state index contributed by atoms with van der Waals surface area (Å²) in [6.45, 7) is 0. The molecule has 5 nitrogen and oxygen atoms in total. The second kappa shape index (κ2) is 4.56. The van der Waals surface area contributed by atoms with Crippen LogP contribution in [0.4, 0.5) is 10.1 Å². The fourth-order valence-corrected chi connectivity index (χ4v) is 3.57. The number of hydrogen-bond donors (Lipinski definition) is 2. The predicted octanol–water partition coefficient (Wildman–Crippen LogP) is 0.905. The molecule has 1 unspecified atom stereocenters. The van der Waals surface area contributed by atoms with Crippen molar-refractivity contribution in [3.05, 3.63) is 24.0 Å². The van der Waals surface area contributed by atoms with E-state index in [-0.39, 0.29) is 23.6 Å². The lowest BCUT2D eigenvalue weighted by Crippen LogP contribution is -2.23. The van der Waals surface area contributed by atoms with Crippen molar-refractivity contribution in [3.63, 3.8) is 0 Å². The number of amides is 1. The summed E-state index contributed by atoms with van der Waals surface area (Å²) in [7, 11) is -3.12. The Balaban J connectivity index is 2.06. The van der Waals surface area contributed by atoms with Gasteiger partial charge in [0.25, 0.3) is 0 Å². The van der Waals surface area contributed by atoms with Crippen LogP contribution in [0.3, 0.4) is 0 Å². The molecule has 1 aliphatic heterocycles. The van der Waals surface area contributed by atoms with Gasteiger partial charge in [0, 0.05) is 11.8 Å². The summed E-state index contributed by atoms with van der Waals surface area (Å²) in [5.74, 6) is -2.54. The topological polar surface area (TPSA) is 83.5 Å². The first kappa shape index (κ1) is 12.8. The highest BCUT2D eigenvalue weighted by atomic mass is 32.2. The third kappa shape index (κ3) is 2.79. The van der Waals surface area contributed by atoms with E-state index >= 15 is 0 Å². The molecule has 0 aliphatic carbocycles. The van der Waals surface area contributed by atoms with Gasteiger partial charge in [0.2, 0.25) is 5.91 Å². The van der Waals surface area contributed by atoms with E-state index in [1.807, 2.05) is 0 Å². The average Bonchev–Trinajstić information content (AvgIpc) is 2.64. The van der Waals surface area contributed by atoms with Gasteiger partial charge in [-0.3, -0.25) is 4.79 Å². The summed E-state index contributed by atoms with van der Waals surface area (Å²) in [6, 6.07) is 3.45. The monoisotopic (exact) mass is 273 g/mol. The molecule has 1 saturated heterocycles. The first-order valence-corrected chi connectivity index (χ1v) is 7.19. The third-order valence-electron chi connectivity index (χ3n) is 2.82. The van der Waals surface area contributed by atoms with E-state index in [0.29, 0.717) is 0 Å². The van der Waals surface area contributed by atoms with Crippen molar-refractivity contribution in [1.29, 1.82) is 0 Å². The molecule has 1 atom stereocenters. The predicted molar refractivity (Wildman–Crippen MR) is 63.5 cm³/mol. The van der Waals surface area contributed by atoms with Gasteiger partial charge in [-0.05, 0) is 18.6 Å². The van der Waals surface area contributed by atoms with Crippen molar-refractivity contribution in [2.45, 2.75) is 6.42 Å². The molecule has 2 N–H and O–H groups in total. The fourth-order valence-electron chi connectivity index (χ4n) is 1.83. The Morgan fingerprint density at radius 3 is 2.72 bits per heavy atom. The second-order valence-corrected chi connectivity index (χ2v) is 6.48. The molecule has 1 aromatic carbocycles. The lowest BCUT2D eigenvalue weighted by atomic mass is 10.1. The van der Waals surface area contributed by atoms with Gasteiger partial charge >= 0.3 is 0 Å². The van der Waals surface area contributed by atoms with Crippen molar-refractivity contribution in [1.82, 2.24) is 0 Å². The van der Waals surface area contributed by atoms with Crippen molar-refractivity contribution in [3.8, 4) is 5.75 Å². The van der Waals surface area contributed by atoms with Crippen LogP contribution in [0.2, 0.25) is 0 Å². The third-order valence-corrected chi connectivity index (χ3v) is 4.59. The molecule has 0 spiro atoms. The molecular formula is C11H12FNO4S. The summed E-state index contributed by atoms with van der Waals surface area (Å²) in [4.78, 5) is 11.7. The van der Waals surface area contributed by atoms with E-state index in [0.717, 1.165) is 12.1 Å². The number of benzene rings is 1. The van der Waals surface area contributed by atoms with Crippen LogP contribution >= 0.6 is 0 Å². The zero-order valence-electron chi connectivity index (χ0n) is 9.39. The molecule has 1 aromatic rings. The van der Waals surface area contributed by atoms with Crippen LogP contribution in [0.1, 0.15) is 6.42 Å². The Bertz CT molecular complexity index is 585. The molecule has 0 radical (unpaired) electrons. The molecule has 0 saturated carbocycles. The van der Waals surface area contributed by atoms with Crippen molar-refractivity contribution in [2.75, 3.05) is 16.8 Å². The number of anilines is 1. The summed E-state index contributed by atoms with van der Waals surface area (Å²) in [5, 5.41) is 11.4. The van der Waals surface area contributed by atoms with E-state index < -0.39 is 33.2 Å². The number of hydrogen-bond acceptors (Lipinski definition) is 4. The summed E-state index contributed by atoms with van der Waals surface area (Å²) < 4.78 is 35.5. The zero-order valence-corrected chi connectivity index (χ0v) is 10.2. The quantitative estimate of drug-likeness (QED) is 0.784. The first-order chi connectivity index (χ1) is 8.37. The number of phenols is 1. The molecule has 0 aromatic heterocycles. The normalized spacial score (nSPS) is 21.7. The summed E-state index contributed by atoms with van der Waals surface area (Å²) in [5.41, 5.74) is 0.194. The molecule has 1 fully saturated rings. The molecule has 98 valence electrons. The Morgan fingerprint density at radius 2 is 2.17 bits per heavy atom. The number of phenolic OH excluding ortho intramolecular Hbond substituents is 1. The number of aromatic hydroxyl groups is 1. The van der Waals surface area contributed by atoms with Crippen LogP contribution in [0.15, 0.2) is 18.2 Å². The lowest BCUT2D eigenvalue weighted by molar-refractivity contribution is -0.119. The van der Waals surface area contributed by atoms with E-state index in [1.165, 1.54) is 6.07 Å². The van der Waals surface area contributed by atoms with Crippen LogP contribution in [0.25, 0.3) is 0 Å². The number of carbonyl (C=O) groups excluding carboxylic acids is 1. The van der Waals surface area contributed by atoms with Crippen molar-refractivity contribution >= 4 is 21.4 Å². The van der Waals surface area contributed by atoms with Gasteiger partial charge in [-0.25, -0.2) is 12.8 Å². The number of sulfone groups is 1. The zero-order chi connectivity index (χ0) is 13.3.